The van der Waals surface area contributed by atoms with Crippen LogP contribution in [0.3, 0.4) is 0 Å². The fraction of sp³-hybridized carbons (Fsp3) is 0.538. The van der Waals surface area contributed by atoms with Crippen molar-refractivity contribution in [2.75, 3.05) is 0 Å². The Morgan fingerprint density at radius 3 is 1.77 bits per heavy atom. The predicted octanol–water partition coefficient (Wildman–Crippen LogP) is 8.64. The van der Waals surface area contributed by atoms with Crippen molar-refractivity contribution >= 4 is 10.8 Å². The lowest BCUT2D eigenvalue weighted by Gasteiger charge is -2.07. The first-order valence-electron chi connectivity index (χ1n) is 11.0. The molecule has 142 valence electrons. The summed E-state index contributed by atoms with van der Waals surface area (Å²) in [6.07, 6.45) is 21.4. The molecule has 2 aromatic carbocycles. The molecule has 0 heteroatoms. The van der Waals surface area contributed by atoms with Crippen LogP contribution in [0.2, 0.25) is 0 Å². The van der Waals surface area contributed by atoms with Crippen LogP contribution in [0.15, 0.2) is 55.1 Å². The van der Waals surface area contributed by atoms with Gasteiger partial charge in [0.25, 0.3) is 0 Å². The van der Waals surface area contributed by atoms with Crippen LogP contribution in [0.1, 0.15) is 89.0 Å². The smallest absolute Gasteiger partial charge is 0.0152 e. The number of allylic oxidation sites excluding steroid dienone is 1. The minimum Gasteiger partial charge on any atom is -0.103 e. The lowest BCUT2D eigenvalue weighted by atomic mass is 9.99. The molecule has 0 nitrogen and oxygen atoms in total. The summed E-state index contributed by atoms with van der Waals surface area (Å²) >= 11 is 0. The fourth-order valence-electron chi connectivity index (χ4n) is 3.88. The summed E-state index contributed by atoms with van der Waals surface area (Å²) in [4.78, 5) is 0. The third-order valence-electron chi connectivity index (χ3n) is 5.48. The number of hydrogen-bond acceptors (Lipinski definition) is 0. The van der Waals surface area contributed by atoms with Gasteiger partial charge in [0.15, 0.2) is 0 Å². The van der Waals surface area contributed by atoms with E-state index < -0.39 is 0 Å². The van der Waals surface area contributed by atoms with Gasteiger partial charge in [0, 0.05) is 0 Å². The van der Waals surface area contributed by atoms with Gasteiger partial charge in [-0.3, -0.25) is 0 Å². The summed E-state index contributed by atoms with van der Waals surface area (Å²) in [5.41, 5.74) is 1.52. The van der Waals surface area contributed by atoms with Crippen LogP contribution in [-0.4, -0.2) is 0 Å². The molecule has 0 radical (unpaired) electrons. The molecule has 26 heavy (non-hydrogen) atoms. The fourth-order valence-corrected chi connectivity index (χ4v) is 3.88. The van der Waals surface area contributed by atoms with E-state index in [1.54, 1.807) is 0 Å². The van der Waals surface area contributed by atoms with Gasteiger partial charge in [0.05, 0.1) is 0 Å². The van der Waals surface area contributed by atoms with Gasteiger partial charge in [-0.15, -0.1) is 6.58 Å². The Morgan fingerprint density at radius 1 is 0.577 bits per heavy atom. The summed E-state index contributed by atoms with van der Waals surface area (Å²) in [6.45, 7) is 3.78. The normalized spacial score (nSPS) is 11.1. The highest BCUT2D eigenvalue weighted by atomic mass is 14.1. The van der Waals surface area contributed by atoms with Crippen LogP contribution in [-0.2, 0) is 6.42 Å². The van der Waals surface area contributed by atoms with Crippen molar-refractivity contribution in [1.82, 2.24) is 0 Å². The summed E-state index contributed by atoms with van der Waals surface area (Å²) in [6, 6.07) is 15.5. The zero-order chi connectivity index (χ0) is 18.3. The number of unbranched alkanes of at least 4 members (excludes halogenated alkanes) is 12. The Bertz CT molecular complexity index is 605. The number of fused-ring (bicyclic) bond motifs is 1. The Labute approximate surface area is 161 Å². The molecule has 0 fully saturated rings. The molecule has 0 unspecified atom stereocenters. The molecule has 0 atom stereocenters. The summed E-state index contributed by atoms with van der Waals surface area (Å²) in [5, 5.41) is 2.82. The summed E-state index contributed by atoms with van der Waals surface area (Å²) in [5.74, 6) is 0. The zero-order valence-corrected chi connectivity index (χ0v) is 16.7. The number of benzene rings is 2. The van der Waals surface area contributed by atoms with E-state index in [4.69, 9.17) is 0 Å². The maximum Gasteiger partial charge on any atom is -0.0152 e. The minimum absolute atomic E-state index is 1.19. The molecule has 0 N–H and O–H groups in total. The van der Waals surface area contributed by atoms with Crippen LogP contribution >= 0.6 is 0 Å². The Kier molecular flexibility index (Phi) is 10.9. The second-order valence-corrected chi connectivity index (χ2v) is 7.71. The van der Waals surface area contributed by atoms with E-state index in [-0.39, 0.29) is 0 Å². The first kappa shape index (κ1) is 20.7. The van der Waals surface area contributed by atoms with Gasteiger partial charge >= 0.3 is 0 Å². The molecule has 0 aromatic heterocycles. The standard InChI is InChI=1S/C26H38/c1-2-3-4-5-6-7-8-9-10-11-12-13-14-15-19-24-21-18-22-25-20-16-17-23-26(24)25/h2,16-18,20-23H,1,3-15,19H2. The van der Waals surface area contributed by atoms with Gasteiger partial charge in [-0.1, -0.05) is 113 Å². The maximum atomic E-state index is 3.78. The monoisotopic (exact) mass is 350 g/mol. The van der Waals surface area contributed by atoms with E-state index in [0.717, 1.165) is 0 Å². The summed E-state index contributed by atoms with van der Waals surface area (Å²) < 4.78 is 0. The molecule has 0 saturated carbocycles. The van der Waals surface area contributed by atoms with E-state index >= 15 is 0 Å². The van der Waals surface area contributed by atoms with Crippen molar-refractivity contribution in [2.24, 2.45) is 0 Å². The number of aryl methyl sites for hydroxylation is 1. The van der Waals surface area contributed by atoms with Gasteiger partial charge in [0.2, 0.25) is 0 Å². The molecule has 0 aliphatic carbocycles. The Balaban J connectivity index is 1.43. The third kappa shape index (κ3) is 8.21. The molecule has 0 heterocycles. The van der Waals surface area contributed by atoms with E-state index in [2.05, 4.69) is 49.0 Å². The quantitative estimate of drug-likeness (QED) is 0.223. The second kappa shape index (κ2) is 13.6. The maximum absolute atomic E-state index is 3.78. The largest absolute Gasteiger partial charge is 0.103 e. The van der Waals surface area contributed by atoms with Crippen LogP contribution < -0.4 is 0 Å². The van der Waals surface area contributed by atoms with Crippen LogP contribution in [0, 0.1) is 0 Å². The minimum atomic E-state index is 1.19. The van der Waals surface area contributed by atoms with Gasteiger partial charge < -0.3 is 0 Å². The van der Waals surface area contributed by atoms with E-state index in [0.29, 0.717) is 0 Å². The van der Waals surface area contributed by atoms with Crippen molar-refractivity contribution < 1.29 is 0 Å². The van der Waals surface area contributed by atoms with Crippen LogP contribution in [0.25, 0.3) is 10.8 Å². The lowest BCUT2D eigenvalue weighted by Crippen LogP contribution is -1.88. The van der Waals surface area contributed by atoms with Crippen molar-refractivity contribution in [2.45, 2.75) is 89.9 Å². The molecule has 0 aliphatic rings. The van der Waals surface area contributed by atoms with E-state index in [1.165, 1.54) is 106 Å². The molecular formula is C26H38. The van der Waals surface area contributed by atoms with Crippen molar-refractivity contribution in [3.63, 3.8) is 0 Å². The van der Waals surface area contributed by atoms with E-state index in [9.17, 15) is 0 Å². The van der Waals surface area contributed by atoms with Crippen molar-refractivity contribution in [1.29, 1.82) is 0 Å². The molecule has 0 saturated heterocycles. The third-order valence-corrected chi connectivity index (χ3v) is 5.48. The molecule has 0 amide bonds. The zero-order valence-electron chi connectivity index (χ0n) is 16.7. The first-order valence-corrected chi connectivity index (χ1v) is 11.0. The first-order chi connectivity index (χ1) is 12.9. The lowest BCUT2D eigenvalue weighted by molar-refractivity contribution is 0.541. The van der Waals surface area contributed by atoms with Gasteiger partial charge in [-0.25, -0.2) is 0 Å². The molecule has 0 bridgehead atoms. The summed E-state index contributed by atoms with van der Waals surface area (Å²) in [7, 11) is 0. The average Bonchev–Trinajstić information content (AvgIpc) is 2.68. The Morgan fingerprint density at radius 2 is 1.12 bits per heavy atom. The highest BCUT2D eigenvalue weighted by molar-refractivity contribution is 5.85. The topological polar surface area (TPSA) is 0 Å². The van der Waals surface area contributed by atoms with Crippen LogP contribution in [0.5, 0.6) is 0 Å². The number of hydrogen-bond donors (Lipinski definition) is 0. The molecule has 0 spiro atoms. The second-order valence-electron chi connectivity index (χ2n) is 7.71. The molecular weight excluding hydrogens is 312 g/mol. The highest BCUT2D eigenvalue weighted by Crippen LogP contribution is 2.21. The Hall–Kier alpha value is -1.56. The van der Waals surface area contributed by atoms with Crippen molar-refractivity contribution in [3.05, 3.63) is 60.7 Å². The van der Waals surface area contributed by atoms with Crippen molar-refractivity contribution in [3.8, 4) is 0 Å². The molecule has 2 rings (SSSR count). The SMILES string of the molecule is C=CCCCCCCCCCCCCCCc1cccc2ccccc12. The molecule has 0 aliphatic heterocycles. The number of rotatable bonds is 15. The predicted molar refractivity (Wildman–Crippen MR) is 118 cm³/mol. The average molecular weight is 351 g/mol. The van der Waals surface area contributed by atoms with E-state index in [1.807, 2.05) is 6.08 Å². The van der Waals surface area contributed by atoms with Gasteiger partial charge in [-0.2, -0.15) is 0 Å². The molecule has 2 aromatic rings. The van der Waals surface area contributed by atoms with Gasteiger partial charge in [0.1, 0.15) is 0 Å². The van der Waals surface area contributed by atoms with Crippen LogP contribution in [0.4, 0.5) is 0 Å². The highest BCUT2D eigenvalue weighted by Gasteiger charge is 2.00. The van der Waals surface area contributed by atoms with Gasteiger partial charge in [-0.05, 0) is 42.0 Å².